The minimum atomic E-state index is -0.203. The van der Waals surface area contributed by atoms with Crippen LogP contribution in [0, 0.1) is 5.92 Å². The number of likely N-dealkylation sites (tertiary alicyclic amines) is 1. The van der Waals surface area contributed by atoms with Crippen LogP contribution in [0.15, 0.2) is 48.5 Å². The Balaban J connectivity index is 1.28. The lowest BCUT2D eigenvalue weighted by atomic mass is 9.97. The number of benzene rings is 2. The van der Waals surface area contributed by atoms with Crippen LogP contribution < -0.4 is 10.6 Å². The van der Waals surface area contributed by atoms with Crippen LogP contribution in [0.4, 0.5) is 10.5 Å². The zero-order valence-electron chi connectivity index (χ0n) is 15.2. The highest BCUT2D eigenvalue weighted by molar-refractivity contribution is 5.98. The maximum atomic E-state index is 12.3. The van der Waals surface area contributed by atoms with Crippen molar-refractivity contribution in [1.82, 2.24) is 25.6 Å². The Kier molecular flexibility index (Phi) is 5.29. The average Bonchev–Trinajstić information content (AvgIpc) is 3.17. The number of hydrogen-bond donors (Lipinski definition) is 3. The van der Waals surface area contributed by atoms with Gasteiger partial charge in [0.15, 0.2) is 0 Å². The molecule has 0 bridgehead atoms. The molecule has 1 fully saturated rings. The fourth-order valence-corrected chi connectivity index (χ4v) is 3.68. The van der Waals surface area contributed by atoms with Crippen molar-refractivity contribution in [3.05, 3.63) is 54.1 Å². The largest absolute Gasteiger partial charge is 0.338 e. The number of aromatic nitrogens is 3. The smallest absolute Gasteiger partial charge is 0.319 e. The number of rotatable bonds is 5. The van der Waals surface area contributed by atoms with Crippen LogP contribution in [0.5, 0.6) is 0 Å². The fraction of sp³-hybridized carbons (Fsp3) is 0.350. The van der Waals surface area contributed by atoms with Gasteiger partial charge in [-0.25, -0.2) is 4.79 Å². The molecule has 3 N–H and O–H groups in total. The Hall–Kier alpha value is -2.93. The van der Waals surface area contributed by atoms with E-state index in [4.69, 9.17) is 0 Å². The Morgan fingerprint density at radius 2 is 2.04 bits per heavy atom. The molecule has 2 heterocycles. The number of amides is 2. The molecule has 140 valence electrons. The summed E-state index contributed by atoms with van der Waals surface area (Å²) in [6.45, 7) is 3.77. The number of anilines is 1. The number of hydrogen-bond acceptors (Lipinski definition) is 4. The van der Waals surface area contributed by atoms with Crippen molar-refractivity contribution in [2.75, 3.05) is 25.0 Å². The molecule has 0 saturated carbocycles. The monoisotopic (exact) mass is 364 g/mol. The Morgan fingerprint density at radius 3 is 2.93 bits per heavy atom. The molecule has 2 amide bonds. The van der Waals surface area contributed by atoms with E-state index in [1.54, 1.807) is 0 Å². The van der Waals surface area contributed by atoms with E-state index in [0.29, 0.717) is 23.7 Å². The van der Waals surface area contributed by atoms with Crippen molar-refractivity contribution in [1.29, 1.82) is 0 Å². The van der Waals surface area contributed by atoms with Crippen molar-refractivity contribution in [3.8, 4) is 0 Å². The standard InChI is InChI=1S/C20H24N6O/c27-20(22-17-9-4-10-18-19(17)24-25-23-18)21-12-16-8-5-11-26(14-16)13-15-6-2-1-3-7-15/h1-4,6-7,9-10,16H,5,8,11-14H2,(H2,21,22,27)(H,23,24,25)/t16-/m0/s1. The van der Waals surface area contributed by atoms with Gasteiger partial charge >= 0.3 is 6.03 Å². The molecule has 0 radical (unpaired) electrons. The molecule has 4 rings (SSSR count). The van der Waals surface area contributed by atoms with E-state index in [1.807, 2.05) is 24.3 Å². The first kappa shape index (κ1) is 17.5. The lowest BCUT2D eigenvalue weighted by molar-refractivity contribution is 0.166. The predicted molar refractivity (Wildman–Crippen MR) is 105 cm³/mol. The first-order valence-corrected chi connectivity index (χ1v) is 9.38. The second kappa shape index (κ2) is 8.18. The number of piperidine rings is 1. The fourth-order valence-electron chi connectivity index (χ4n) is 3.68. The molecule has 1 aliphatic rings. The molecule has 1 aliphatic heterocycles. The molecule has 0 aliphatic carbocycles. The maximum Gasteiger partial charge on any atom is 0.319 e. The van der Waals surface area contributed by atoms with Gasteiger partial charge in [0.25, 0.3) is 0 Å². The number of carbonyl (C=O) groups excluding carboxylic acids is 1. The SMILES string of the molecule is O=C(NC[C@@H]1CCCN(Cc2ccccc2)C1)Nc1cccc2n[nH]nc12. The normalized spacial score (nSPS) is 17.7. The summed E-state index contributed by atoms with van der Waals surface area (Å²) in [4.78, 5) is 14.8. The molecular formula is C20H24N6O. The molecule has 1 saturated heterocycles. The number of fused-ring (bicyclic) bond motifs is 1. The van der Waals surface area contributed by atoms with Crippen LogP contribution in [0.1, 0.15) is 18.4 Å². The van der Waals surface area contributed by atoms with Crippen LogP contribution >= 0.6 is 0 Å². The quantitative estimate of drug-likeness (QED) is 0.650. The van der Waals surface area contributed by atoms with E-state index in [0.717, 1.165) is 31.6 Å². The summed E-state index contributed by atoms with van der Waals surface area (Å²) in [6, 6.07) is 15.9. The molecule has 27 heavy (non-hydrogen) atoms. The summed E-state index contributed by atoms with van der Waals surface area (Å²) in [5.74, 6) is 0.469. The summed E-state index contributed by atoms with van der Waals surface area (Å²) in [7, 11) is 0. The van der Waals surface area contributed by atoms with Gasteiger partial charge in [-0.1, -0.05) is 36.4 Å². The number of nitrogens with zero attached hydrogens (tertiary/aromatic N) is 3. The number of carbonyl (C=O) groups is 1. The molecule has 1 aromatic heterocycles. The minimum Gasteiger partial charge on any atom is -0.338 e. The second-order valence-corrected chi connectivity index (χ2v) is 7.06. The van der Waals surface area contributed by atoms with Crippen LogP contribution in [0.2, 0.25) is 0 Å². The lowest BCUT2D eigenvalue weighted by Crippen LogP contribution is -2.41. The van der Waals surface area contributed by atoms with Crippen LogP contribution in [-0.2, 0) is 6.54 Å². The van der Waals surface area contributed by atoms with Crippen LogP contribution in [-0.4, -0.2) is 46.0 Å². The van der Waals surface area contributed by atoms with Crippen LogP contribution in [0.3, 0.4) is 0 Å². The van der Waals surface area contributed by atoms with Crippen molar-refractivity contribution < 1.29 is 4.79 Å². The van der Waals surface area contributed by atoms with Gasteiger partial charge in [0.05, 0.1) is 5.69 Å². The zero-order chi connectivity index (χ0) is 18.5. The number of H-pyrrole nitrogens is 1. The van der Waals surface area contributed by atoms with E-state index < -0.39 is 0 Å². The van der Waals surface area contributed by atoms with Gasteiger partial charge in [0.1, 0.15) is 11.0 Å². The second-order valence-electron chi connectivity index (χ2n) is 7.06. The minimum absolute atomic E-state index is 0.203. The third kappa shape index (κ3) is 4.43. The predicted octanol–water partition coefficient (Wildman–Crippen LogP) is 2.99. The van der Waals surface area contributed by atoms with Crippen molar-refractivity contribution in [2.24, 2.45) is 5.92 Å². The molecule has 2 aromatic carbocycles. The number of nitrogens with one attached hydrogen (secondary N) is 3. The van der Waals surface area contributed by atoms with E-state index in [9.17, 15) is 4.79 Å². The van der Waals surface area contributed by atoms with Gasteiger partial charge < -0.3 is 10.6 Å². The summed E-state index contributed by atoms with van der Waals surface area (Å²) in [5.41, 5.74) is 3.40. The number of urea groups is 1. The Bertz CT molecular complexity index is 894. The summed E-state index contributed by atoms with van der Waals surface area (Å²) < 4.78 is 0. The third-order valence-electron chi connectivity index (χ3n) is 5.00. The van der Waals surface area contributed by atoms with E-state index in [1.165, 1.54) is 12.0 Å². The number of para-hydroxylation sites is 1. The third-order valence-corrected chi connectivity index (χ3v) is 5.00. The molecule has 1 atom stereocenters. The average molecular weight is 364 g/mol. The summed E-state index contributed by atoms with van der Waals surface area (Å²) in [6.07, 6.45) is 2.31. The van der Waals surface area contributed by atoms with Gasteiger partial charge in [-0.15, -0.1) is 0 Å². The molecular weight excluding hydrogens is 340 g/mol. The summed E-state index contributed by atoms with van der Waals surface area (Å²) >= 11 is 0. The Morgan fingerprint density at radius 1 is 1.15 bits per heavy atom. The first-order chi connectivity index (χ1) is 13.3. The Labute approximate surface area is 158 Å². The van der Waals surface area contributed by atoms with Gasteiger partial charge in [-0.05, 0) is 43.0 Å². The first-order valence-electron chi connectivity index (χ1n) is 9.38. The van der Waals surface area contributed by atoms with Crippen molar-refractivity contribution >= 4 is 22.8 Å². The van der Waals surface area contributed by atoms with Gasteiger partial charge in [0, 0.05) is 19.6 Å². The molecule has 7 nitrogen and oxygen atoms in total. The van der Waals surface area contributed by atoms with E-state index in [-0.39, 0.29) is 6.03 Å². The topological polar surface area (TPSA) is 85.9 Å². The molecule has 3 aromatic rings. The van der Waals surface area contributed by atoms with Crippen LogP contribution in [0.25, 0.3) is 11.0 Å². The maximum absolute atomic E-state index is 12.3. The van der Waals surface area contributed by atoms with E-state index >= 15 is 0 Å². The zero-order valence-corrected chi connectivity index (χ0v) is 15.2. The van der Waals surface area contributed by atoms with Gasteiger partial charge in [-0.2, -0.15) is 15.4 Å². The summed E-state index contributed by atoms with van der Waals surface area (Å²) in [5, 5.41) is 16.6. The van der Waals surface area contributed by atoms with Crippen molar-refractivity contribution in [3.63, 3.8) is 0 Å². The van der Waals surface area contributed by atoms with Crippen molar-refractivity contribution in [2.45, 2.75) is 19.4 Å². The van der Waals surface area contributed by atoms with Gasteiger partial charge in [0.2, 0.25) is 0 Å². The van der Waals surface area contributed by atoms with E-state index in [2.05, 4.69) is 55.2 Å². The lowest BCUT2D eigenvalue weighted by Gasteiger charge is -2.32. The highest BCUT2D eigenvalue weighted by Gasteiger charge is 2.20. The highest BCUT2D eigenvalue weighted by Crippen LogP contribution is 2.20. The molecule has 0 spiro atoms. The highest BCUT2D eigenvalue weighted by atomic mass is 16.2. The van der Waals surface area contributed by atoms with Gasteiger partial charge in [-0.3, -0.25) is 4.90 Å². The molecule has 0 unspecified atom stereocenters. The molecule has 7 heteroatoms. The number of aromatic amines is 1.